The number of nitrogens with zero attached hydrogens (tertiary/aromatic N) is 3. The van der Waals surface area contributed by atoms with E-state index in [4.69, 9.17) is 5.26 Å². The van der Waals surface area contributed by atoms with Crippen LogP contribution in [0.5, 0.6) is 0 Å². The largest absolute Gasteiger partial charge is 0.417 e. The Hall–Kier alpha value is -2.14. The molecule has 0 saturated heterocycles. The van der Waals surface area contributed by atoms with E-state index >= 15 is 0 Å². The zero-order valence-corrected chi connectivity index (χ0v) is 12.2. The first kappa shape index (κ1) is 15.3. The SMILES string of the molecule is Cc1nc(Br)cc(Nc2ccc(C#N)c(C(F)(F)F)c2)n1. The molecule has 1 aromatic carbocycles. The van der Waals surface area contributed by atoms with Gasteiger partial charge in [0, 0.05) is 11.8 Å². The predicted molar refractivity (Wildman–Crippen MR) is 73.9 cm³/mol. The highest BCUT2D eigenvalue weighted by Crippen LogP contribution is 2.34. The summed E-state index contributed by atoms with van der Waals surface area (Å²) >= 11 is 3.18. The number of halogens is 4. The fourth-order valence-corrected chi connectivity index (χ4v) is 2.17. The van der Waals surface area contributed by atoms with Gasteiger partial charge in [0.15, 0.2) is 0 Å². The molecule has 1 heterocycles. The molecule has 0 bridgehead atoms. The lowest BCUT2D eigenvalue weighted by atomic mass is 10.1. The summed E-state index contributed by atoms with van der Waals surface area (Å²) in [4.78, 5) is 8.07. The minimum Gasteiger partial charge on any atom is -0.340 e. The van der Waals surface area contributed by atoms with Crippen LogP contribution in [0.3, 0.4) is 0 Å². The molecule has 21 heavy (non-hydrogen) atoms. The first-order valence-electron chi connectivity index (χ1n) is 5.69. The van der Waals surface area contributed by atoms with Crippen molar-refractivity contribution in [1.82, 2.24) is 9.97 Å². The van der Waals surface area contributed by atoms with Crippen LogP contribution in [-0.2, 0) is 6.18 Å². The Morgan fingerprint density at radius 3 is 2.52 bits per heavy atom. The van der Waals surface area contributed by atoms with E-state index in [0.29, 0.717) is 16.2 Å². The highest BCUT2D eigenvalue weighted by atomic mass is 79.9. The van der Waals surface area contributed by atoms with Crippen molar-refractivity contribution in [1.29, 1.82) is 5.26 Å². The second-order valence-electron chi connectivity index (χ2n) is 4.12. The maximum Gasteiger partial charge on any atom is 0.417 e. The van der Waals surface area contributed by atoms with Gasteiger partial charge in [-0.1, -0.05) is 0 Å². The molecule has 0 atom stereocenters. The molecular weight excluding hydrogens is 349 g/mol. The van der Waals surface area contributed by atoms with Crippen LogP contribution in [-0.4, -0.2) is 9.97 Å². The van der Waals surface area contributed by atoms with Crippen LogP contribution in [0.1, 0.15) is 17.0 Å². The molecule has 2 rings (SSSR count). The lowest BCUT2D eigenvalue weighted by Crippen LogP contribution is -2.08. The van der Waals surface area contributed by atoms with Crippen molar-refractivity contribution >= 4 is 27.4 Å². The second kappa shape index (κ2) is 5.69. The van der Waals surface area contributed by atoms with E-state index in [1.54, 1.807) is 13.0 Å². The number of alkyl halides is 3. The summed E-state index contributed by atoms with van der Waals surface area (Å²) in [5, 5.41) is 11.5. The van der Waals surface area contributed by atoms with E-state index in [2.05, 4.69) is 31.2 Å². The van der Waals surface area contributed by atoms with E-state index in [1.807, 2.05) is 0 Å². The van der Waals surface area contributed by atoms with Crippen LogP contribution in [0.4, 0.5) is 24.7 Å². The third-order valence-electron chi connectivity index (χ3n) is 2.52. The molecule has 1 N–H and O–H groups in total. The molecule has 0 aliphatic rings. The smallest absolute Gasteiger partial charge is 0.340 e. The molecule has 0 aliphatic heterocycles. The summed E-state index contributed by atoms with van der Waals surface area (Å²) in [5.41, 5.74) is -1.22. The van der Waals surface area contributed by atoms with Crippen molar-refractivity contribution in [3.63, 3.8) is 0 Å². The van der Waals surface area contributed by atoms with Crippen molar-refractivity contribution < 1.29 is 13.2 Å². The minimum atomic E-state index is -4.59. The highest BCUT2D eigenvalue weighted by Gasteiger charge is 2.33. The molecule has 8 heteroatoms. The van der Waals surface area contributed by atoms with Gasteiger partial charge in [-0.25, -0.2) is 9.97 Å². The van der Waals surface area contributed by atoms with Gasteiger partial charge < -0.3 is 5.32 Å². The van der Waals surface area contributed by atoms with Crippen LogP contribution in [0.25, 0.3) is 0 Å². The van der Waals surface area contributed by atoms with E-state index in [0.717, 1.165) is 12.1 Å². The molecule has 0 aliphatic carbocycles. The first-order chi connectivity index (χ1) is 9.79. The Kier molecular flexibility index (Phi) is 4.14. The third-order valence-corrected chi connectivity index (χ3v) is 2.93. The summed E-state index contributed by atoms with van der Waals surface area (Å²) in [6.07, 6.45) is -4.59. The fourth-order valence-electron chi connectivity index (χ4n) is 1.70. The van der Waals surface area contributed by atoms with Gasteiger partial charge in [0.2, 0.25) is 0 Å². The Balaban J connectivity index is 2.40. The Bertz CT molecular complexity index is 702. The molecule has 0 fully saturated rings. The van der Waals surface area contributed by atoms with Gasteiger partial charge in [0.05, 0.1) is 17.2 Å². The zero-order valence-electron chi connectivity index (χ0n) is 10.7. The molecule has 0 spiro atoms. The van der Waals surface area contributed by atoms with Crippen molar-refractivity contribution in [2.75, 3.05) is 5.32 Å². The number of hydrogen-bond donors (Lipinski definition) is 1. The summed E-state index contributed by atoms with van der Waals surface area (Å²) in [5.74, 6) is 0.823. The molecule has 108 valence electrons. The number of hydrogen-bond acceptors (Lipinski definition) is 4. The molecule has 0 unspecified atom stereocenters. The van der Waals surface area contributed by atoms with Crippen molar-refractivity contribution in [3.05, 3.63) is 45.8 Å². The fraction of sp³-hybridized carbons (Fsp3) is 0.154. The summed E-state index contributed by atoms with van der Waals surface area (Å²) in [6, 6.07) is 6.46. The topological polar surface area (TPSA) is 61.6 Å². The van der Waals surface area contributed by atoms with E-state index in [9.17, 15) is 13.2 Å². The average molecular weight is 357 g/mol. The average Bonchev–Trinajstić information content (AvgIpc) is 2.36. The number of nitrogens with one attached hydrogen (secondary N) is 1. The third kappa shape index (κ3) is 3.70. The van der Waals surface area contributed by atoms with Crippen LogP contribution in [0.15, 0.2) is 28.9 Å². The summed E-state index contributed by atoms with van der Waals surface area (Å²) < 4.78 is 39.1. The van der Waals surface area contributed by atoms with Gasteiger partial charge in [-0.3, -0.25) is 0 Å². The first-order valence-corrected chi connectivity index (χ1v) is 6.48. The van der Waals surface area contributed by atoms with Crippen LogP contribution in [0, 0.1) is 18.3 Å². The summed E-state index contributed by atoms with van der Waals surface area (Å²) in [7, 11) is 0. The van der Waals surface area contributed by atoms with Crippen molar-refractivity contribution in [3.8, 4) is 6.07 Å². The van der Waals surface area contributed by atoms with Crippen molar-refractivity contribution in [2.24, 2.45) is 0 Å². The number of benzene rings is 1. The Morgan fingerprint density at radius 2 is 1.95 bits per heavy atom. The quantitative estimate of drug-likeness (QED) is 0.819. The van der Waals surface area contributed by atoms with Gasteiger partial charge in [-0.2, -0.15) is 18.4 Å². The van der Waals surface area contributed by atoms with Crippen LogP contribution < -0.4 is 5.32 Å². The van der Waals surface area contributed by atoms with E-state index < -0.39 is 17.3 Å². The van der Waals surface area contributed by atoms with Gasteiger partial charge in [0.25, 0.3) is 0 Å². The molecular formula is C13H8BrF3N4. The molecule has 2 aromatic rings. The minimum absolute atomic E-state index is 0.186. The maximum atomic E-state index is 12.9. The number of aryl methyl sites for hydroxylation is 1. The standard InChI is InChI=1S/C13H8BrF3N4/c1-7-19-11(14)5-12(20-7)21-9-3-2-8(6-18)10(4-9)13(15,16)17/h2-5H,1H3,(H,19,20,21). The Labute approximate surface area is 126 Å². The predicted octanol–water partition coefficient (Wildman–Crippen LogP) is 4.18. The van der Waals surface area contributed by atoms with Crippen molar-refractivity contribution in [2.45, 2.75) is 13.1 Å². The van der Waals surface area contributed by atoms with Gasteiger partial charge in [0.1, 0.15) is 16.2 Å². The Morgan fingerprint density at radius 1 is 1.24 bits per heavy atom. The number of aromatic nitrogens is 2. The normalized spacial score (nSPS) is 11.0. The van der Waals surface area contributed by atoms with E-state index in [1.165, 1.54) is 12.1 Å². The second-order valence-corrected chi connectivity index (χ2v) is 4.93. The van der Waals surface area contributed by atoms with Gasteiger partial charge in [-0.05, 0) is 41.1 Å². The number of nitriles is 1. The molecule has 4 nitrogen and oxygen atoms in total. The monoisotopic (exact) mass is 356 g/mol. The molecule has 0 amide bonds. The zero-order chi connectivity index (χ0) is 15.6. The number of anilines is 2. The summed E-state index contributed by atoms with van der Waals surface area (Å²) in [6.45, 7) is 1.66. The van der Waals surface area contributed by atoms with E-state index in [-0.39, 0.29) is 5.69 Å². The van der Waals surface area contributed by atoms with Gasteiger partial charge >= 0.3 is 6.18 Å². The lowest BCUT2D eigenvalue weighted by molar-refractivity contribution is -0.137. The van der Waals surface area contributed by atoms with Crippen LogP contribution in [0.2, 0.25) is 0 Å². The maximum absolute atomic E-state index is 12.9. The number of rotatable bonds is 2. The molecule has 1 aromatic heterocycles. The molecule has 0 saturated carbocycles. The highest BCUT2D eigenvalue weighted by molar-refractivity contribution is 9.10. The van der Waals surface area contributed by atoms with Crippen LogP contribution >= 0.6 is 15.9 Å². The lowest BCUT2D eigenvalue weighted by Gasteiger charge is -2.12. The van der Waals surface area contributed by atoms with Gasteiger partial charge in [-0.15, -0.1) is 0 Å². The molecule has 0 radical (unpaired) electrons.